The first-order valence-electron chi connectivity index (χ1n) is 6.91. The third kappa shape index (κ3) is 3.84. The van der Waals surface area contributed by atoms with Gasteiger partial charge in [0.05, 0.1) is 4.92 Å². The molecular weight excluding hydrogens is 351 g/mol. The van der Waals surface area contributed by atoms with Crippen LogP contribution in [0.1, 0.15) is 33.1 Å². The van der Waals surface area contributed by atoms with Crippen molar-refractivity contribution >= 4 is 46.7 Å². The third-order valence-electron chi connectivity index (χ3n) is 3.78. The molecule has 2 rings (SSSR count). The lowest BCUT2D eigenvalue weighted by Gasteiger charge is -2.41. The summed E-state index contributed by atoms with van der Waals surface area (Å²) < 4.78 is 0.710. The molecule has 0 aliphatic carbocycles. The molecule has 118 valence electrons. The molecule has 0 radical (unpaired) electrons. The van der Waals surface area contributed by atoms with E-state index in [1.165, 1.54) is 23.5 Å². The van der Waals surface area contributed by atoms with Crippen LogP contribution in [-0.2, 0) is 0 Å². The topological polar surface area (TPSA) is 46.4 Å². The molecule has 0 saturated carbocycles. The summed E-state index contributed by atoms with van der Waals surface area (Å²) >= 11 is 15.2. The summed E-state index contributed by atoms with van der Waals surface area (Å²) in [5, 5.41) is 11.6. The molecule has 21 heavy (non-hydrogen) atoms. The van der Waals surface area contributed by atoms with Crippen LogP contribution in [0.3, 0.4) is 0 Å². The number of rotatable bonds is 3. The second-order valence-corrected chi connectivity index (χ2v) is 8.65. The highest BCUT2D eigenvalue weighted by Crippen LogP contribution is 2.44. The second kappa shape index (κ2) is 7.49. The molecule has 0 amide bonds. The number of hydrogen-bond donors (Lipinski definition) is 0. The van der Waals surface area contributed by atoms with Gasteiger partial charge in [-0.05, 0) is 33.1 Å². The number of thioether (sulfide) groups is 2. The van der Waals surface area contributed by atoms with Crippen LogP contribution in [0.2, 0.25) is 0 Å². The second-order valence-electron chi connectivity index (χ2n) is 5.24. The van der Waals surface area contributed by atoms with E-state index in [0.717, 1.165) is 35.0 Å². The summed E-state index contributed by atoms with van der Waals surface area (Å²) in [6.07, 6.45) is 3.12. The molecule has 2 aliphatic heterocycles. The van der Waals surface area contributed by atoms with E-state index in [0.29, 0.717) is 5.70 Å². The molecular formula is C13H18Cl2N2O2S2. The fourth-order valence-corrected chi connectivity index (χ4v) is 5.74. The van der Waals surface area contributed by atoms with Gasteiger partial charge in [0.25, 0.3) is 0 Å². The third-order valence-corrected chi connectivity index (χ3v) is 6.83. The minimum atomic E-state index is -0.338. The van der Waals surface area contributed by atoms with Crippen molar-refractivity contribution in [3.63, 3.8) is 0 Å². The minimum Gasteiger partial charge on any atom is -0.359 e. The van der Waals surface area contributed by atoms with Crippen LogP contribution >= 0.6 is 46.7 Å². The van der Waals surface area contributed by atoms with Crippen molar-refractivity contribution in [2.24, 2.45) is 0 Å². The zero-order chi connectivity index (χ0) is 15.6. The standard InChI is InChI=1S/C13H18Cl2N2O2S2/c1-8-4-3-5-9(2)16(8)10(12(14)15)11(17(18)19)13-20-6-7-21-13/h8-9H,3-7H2,1-2H3. The molecule has 0 N–H and O–H groups in total. The quantitative estimate of drug-likeness (QED) is 0.527. The largest absolute Gasteiger partial charge is 0.359 e. The van der Waals surface area contributed by atoms with Crippen molar-refractivity contribution < 1.29 is 4.92 Å². The van der Waals surface area contributed by atoms with E-state index in [2.05, 4.69) is 13.8 Å². The molecule has 2 aliphatic rings. The minimum absolute atomic E-state index is 0.0112. The summed E-state index contributed by atoms with van der Waals surface area (Å²) in [6, 6.07) is 0.395. The maximum absolute atomic E-state index is 11.6. The van der Waals surface area contributed by atoms with Gasteiger partial charge in [-0.25, -0.2) is 0 Å². The highest BCUT2D eigenvalue weighted by Gasteiger charge is 2.37. The Balaban J connectivity index is 2.49. The van der Waals surface area contributed by atoms with Crippen molar-refractivity contribution in [2.45, 2.75) is 45.2 Å². The summed E-state index contributed by atoms with van der Waals surface area (Å²) in [5.41, 5.74) is 0.461. The first kappa shape index (κ1) is 17.3. The lowest BCUT2D eigenvalue weighted by atomic mass is 9.96. The highest BCUT2D eigenvalue weighted by atomic mass is 35.5. The normalized spacial score (nSPS) is 25.9. The Morgan fingerprint density at radius 3 is 2.19 bits per heavy atom. The van der Waals surface area contributed by atoms with Gasteiger partial charge in [-0.3, -0.25) is 10.1 Å². The van der Waals surface area contributed by atoms with Gasteiger partial charge in [0.2, 0.25) is 0 Å². The number of nitro groups is 1. The summed E-state index contributed by atoms with van der Waals surface area (Å²) in [4.78, 5) is 13.3. The molecule has 0 spiro atoms. The van der Waals surface area contributed by atoms with Gasteiger partial charge in [-0.15, -0.1) is 23.5 Å². The molecule has 2 atom stereocenters. The molecule has 2 saturated heterocycles. The summed E-state index contributed by atoms with van der Waals surface area (Å²) in [6.45, 7) is 4.15. The van der Waals surface area contributed by atoms with Gasteiger partial charge in [-0.2, -0.15) is 0 Å². The Labute approximate surface area is 143 Å². The van der Waals surface area contributed by atoms with Crippen molar-refractivity contribution in [1.82, 2.24) is 4.90 Å². The number of hydrogen-bond acceptors (Lipinski definition) is 5. The first-order chi connectivity index (χ1) is 9.93. The Hall–Kier alpha value is -0.0400. The van der Waals surface area contributed by atoms with Crippen LogP contribution in [0.15, 0.2) is 20.1 Å². The van der Waals surface area contributed by atoms with Crippen LogP contribution in [0, 0.1) is 10.1 Å². The molecule has 0 aromatic rings. The van der Waals surface area contributed by atoms with Crippen molar-refractivity contribution in [1.29, 1.82) is 0 Å². The molecule has 4 nitrogen and oxygen atoms in total. The van der Waals surface area contributed by atoms with E-state index in [4.69, 9.17) is 23.2 Å². The van der Waals surface area contributed by atoms with Gasteiger partial charge >= 0.3 is 5.70 Å². The van der Waals surface area contributed by atoms with Crippen molar-refractivity contribution in [3.05, 3.63) is 30.2 Å². The Morgan fingerprint density at radius 2 is 1.76 bits per heavy atom. The Kier molecular flexibility index (Phi) is 6.17. The van der Waals surface area contributed by atoms with Gasteiger partial charge in [-0.1, -0.05) is 23.2 Å². The van der Waals surface area contributed by atoms with E-state index in [-0.39, 0.29) is 27.2 Å². The van der Waals surface area contributed by atoms with Crippen LogP contribution in [-0.4, -0.2) is 33.4 Å². The van der Waals surface area contributed by atoms with E-state index >= 15 is 0 Å². The van der Waals surface area contributed by atoms with Gasteiger partial charge < -0.3 is 4.90 Å². The number of likely N-dealkylation sites (tertiary alicyclic amines) is 1. The zero-order valence-electron chi connectivity index (χ0n) is 12.0. The number of nitrogens with zero attached hydrogens (tertiary/aromatic N) is 2. The zero-order valence-corrected chi connectivity index (χ0v) is 15.1. The highest BCUT2D eigenvalue weighted by molar-refractivity contribution is 8.25. The molecule has 8 heteroatoms. The predicted octanol–water partition coefficient (Wildman–Crippen LogP) is 4.82. The van der Waals surface area contributed by atoms with Crippen LogP contribution in [0.5, 0.6) is 0 Å². The lowest BCUT2D eigenvalue weighted by Crippen LogP contribution is -2.44. The molecule has 0 aromatic carbocycles. The predicted molar refractivity (Wildman–Crippen MR) is 92.3 cm³/mol. The first-order valence-corrected chi connectivity index (χ1v) is 9.64. The lowest BCUT2D eigenvalue weighted by molar-refractivity contribution is -0.423. The van der Waals surface area contributed by atoms with Crippen LogP contribution in [0.25, 0.3) is 0 Å². The number of piperidine rings is 1. The van der Waals surface area contributed by atoms with Gasteiger partial charge in [0.1, 0.15) is 14.4 Å². The summed E-state index contributed by atoms with van der Waals surface area (Å²) in [5.74, 6) is 1.77. The molecule has 2 unspecified atom stereocenters. The van der Waals surface area contributed by atoms with E-state index < -0.39 is 0 Å². The Bertz CT molecular complexity index is 475. The molecule has 0 bridgehead atoms. The molecule has 2 heterocycles. The molecule has 0 aromatic heterocycles. The maximum Gasteiger partial charge on any atom is 0.314 e. The van der Waals surface area contributed by atoms with Gasteiger partial charge in [0, 0.05) is 23.6 Å². The van der Waals surface area contributed by atoms with Crippen LogP contribution in [0.4, 0.5) is 0 Å². The van der Waals surface area contributed by atoms with E-state index in [9.17, 15) is 10.1 Å². The summed E-state index contributed by atoms with van der Waals surface area (Å²) in [7, 11) is 0. The van der Waals surface area contributed by atoms with Crippen molar-refractivity contribution in [2.75, 3.05) is 11.5 Å². The molecule has 2 fully saturated rings. The smallest absolute Gasteiger partial charge is 0.314 e. The average Bonchev–Trinajstić information content (AvgIpc) is 2.90. The average molecular weight is 369 g/mol. The van der Waals surface area contributed by atoms with Gasteiger partial charge in [0.15, 0.2) is 0 Å². The van der Waals surface area contributed by atoms with Crippen molar-refractivity contribution in [3.8, 4) is 0 Å². The fourth-order valence-electron chi connectivity index (χ4n) is 2.88. The maximum atomic E-state index is 11.6. The van der Waals surface area contributed by atoms with E-state index in [1.54, 1.807) is 0 Å². The SMILES string of the molecule is CC1CCCC(C)N1C(=C(Cl)Cl)C(=C1SCCS1)[N+](=O)[O-]. The number of halogens is 2. The van der Waals surface area contributed by atoms with Crippen LogP contribution < -0.4 is 0 Å². The van der Waals surface area contributed by atoms with E-state index in [1.807, 2.05) is 4.90 Å². The monoisotopic (exact) mass is 368 g/mol. The fraction of sp³-hybridized carbons (Fsp3) is 0.692. The Morgan fingerprint density at radius 1 is 1.24 bits per heavy atom.